The lowest BCUT2D eigenvalue weighted by Gasteiger charge is -2.17. The second-order valence-corrected chi connectivity index (χ2v) is 8.93. The van der Waals surface area contributed by atoms with Gasteiger partial charge in [-0.3, -0.25) is 9.78 Å². The summed E-state index contributed by atoms with van der Waals surface area (Å²) < 4.78 is 28.4. The monoisotopic (exact) mass is 454 g/mol. The molecule has 134 valence electrons. The van der Waals surface area contributed by atoms with E-state index in [4.69, 9.17) is 0 Å². The van der Waals surface area contributed by atoms with Crippen LogP contribution < -0.4 is 5.32 Å². The maximum atomic E-state index is 13.7. The van der Waals surface area contributed by atoms with Crippen LogP contribution in [0.3, 0.4) is 0 Å². The van der Waals surface area contributed by atoms with Crippen LogP contribution in [0.1, 0.15) is 33.6 Å². The van der Waals surface area contributed by atoms with Gasteiger partial charge in [0.2, 0.25) is 0 Å². The summed E-state index contributed by atoms with van der Waals surface area (Å²) in [7, 11) is 1.55. The zero-order valence-corrected chi connectivity index (χ0v) is 17.0. The van der Waals surface area contributed by atoms with Crippen LogP contribution in [0.4, 0.5) is 8.78 Å². The molecule has 0 bridgehead atoms. The molecule has 1 fully saturated rings. The van der Waals surface area contributed by atoms with Crippen molar-refractivity contribution in [2.75, 3.05) is 0 Å². The van der Waals surface area contributed by atoms with E-state index in [2.05, 4.69) is 26.2 Å². The first-order valence-electron chi connectivity index (χ1n) is 7.92. The summed E-state index contributed by atoms with van der Waals surface area (Å²) in [4.78, 5) is 16.8. The van der Waals surface area contributed by atoms with Crippen molar-refractivity contribution in [3.8, 4) is 0 Å². The Bertz CT molecular complexity index is 1000. The number of carbonyl (C=O) groups is 1. The minimum atomic E-state index is -3.01. The lowest BCUT2D eigenvalue weighted by Crippen LogP contribution is -2.34. The molecule has 3 nitrogen and oxygen atoms in total. The molecule has 0 spiro atoms. The fourth-order valence-corrected chi connectivity index (χ4v) is 5.43. The summed E-state index contributed by atoms with van der Waals surface area (Å²) in [6.45, 7) is 0. The van der Waals surface area contributed by atoms with Crippen molar-refractivity contribution in [1.82, 2.24) is 10.3 Å². The molecule has 3 aromatic rings. The molecule has 1 unspecified atom stereocenters. The van der Waals surface area contributed by atoms with Crippen molar-refractivity contribution in [2.45, 2.75) is 24.0 Å². The quantitative estimate of drug-likeness (QED) is 0.536. The normalized spacial score (nSPS) is 15.8. The van der Waals surface area contributed by atoms with Gasteiger partial charge in [0.15, 0.2) is 0 Å². The Morgan fingerprint density at radius 1 is 1.35 bits per heavy atom. The number of hydrogen-bond acceptors (Lipinski definition) is 3. The lowest BCUT2D eigenvalue weighted by atomic mass is 10.1. The number of benzene rings is 1. The molecule has 2 aromatic heterocycles. The van der Waals surface area contributed by atoms with Crippen molar-refractivity contribution in [2.24, 2.45) is 0 Å². The number of alkyl halides is 2. The van der Waals surface area contributed by atoms with Crippen LogP contribution in [-0.2, 0) is 11.2 Å². The van der Waals surface area contributed by atoms with Crippen molar-refractivity contribution < 1.29 is 13.6 Å². The van der Waals surface area contributed by atoms with Gasteiger partial charge in [-0.15, -0.1) is 11.3 Å². The van der Waals surface area contributed by atoms with E-state index < -0.39 is 5.66 Å². The number of nitrogens with one attached hydrogen (secondary N) is 1. The number of thiophene rings is 1. The molecule has 1 aromatic carbocycles. The van der Waals surface area contributed by atoms with Crippen molar-refractivity contribution in [3.63, 3.8) is 0 Å². The van der Waals surface area contributed by atoms with Crippen molar-refractivity contribution in [3.05, 3.63) is 63.2 Å². The van der Waals surface area contributed by atoms with E-state index in [0.717, 1.165) is 29.7 Å². The van der Waals surface area contributed by atoms with E-state index in [0.29, 0.717) is 20.1 Å². The standard InChI is InChI=1S/C18H14BrF2N2OPS/c19-14-12-8-10(3-4-13(12)26-15(14)18(20,21)25)16(24)23-17(5-6-17)11-2-1-7-22-9-11/h1-4,7-9H,5-6,25H2,(H,23,24). The Morgan fingerprint density at radius 3 is 2.73 bits per heavy atom. The Labute approximate surface area is 163 Å². The molecule has 1 amide bonds. The fourth-order valence-electron chi connectivity index (χ4n) is 2.97. The highest BCUT2D eigenvalue weighted by atomic mass is 79.9. The molecule has 1 aliphatic carbocycles. The van der Waals surface area contributed by atoms with Crippen molar-refractivity contribution in [1.29, 1.82) is 0 Å². The van der Waals surface area contributed by atoms with Crippen LogP contribution in [0, 0.1) is 0 Å². The van der Waals surface area contributed by atoms with E-state index in [-0.39, 0.29) is 16.3 Å². The lowest BCUT2D eigenvalue weighted by molar-refractivity contribution is 0.0930. The molecule has 1 saturated carbocycles. The van der Waals surface area contributed by atoms with Gasteiger partial charge in [0.1, 0.15) is 0 Å². The zero-order chi connectivity index (χ0) is 18.5. The van der Waals surface area contributed by atoms with Gasteiger partial charge in [-0.25, -0.2) is 0 Å². The average Bonchev–Trinajstić information content (AvgIpc) is 3.31. The average molecular weight is 455 g/mol. The molecule has 0 aliphatic heterocycles. The van der Waals surface area contributed by atoms with Gasteiger partial charge in [0, 0.05) is 32.5 Å². The smallest absolute Gasteiger partial charge is 0.293 e. The summed E-state index contributed by atoms with van der Waals surface area (Å²) in [5.74, 6) is -0.217. The van der Waals surface area contributed by atoms with Crippen LogP contribution in [0.2, 0.25) is 0 Å². The third-order valence-corrected chi connectivity index (χ3v) is 7.35. The minimum absolute atomic E-state index is 0.0657. The Hall–Kier alpha value is -1.43. The summed E-state index contributed by atoms with van der Waals surface area (Å²) in [6.07, 6.45) is 5.18. The Balaban J connectivity index is 1.65. The van der Waals surface area contributed by atoms with Crippen molar-refractivity contribution >= 4 is 52.5 Å². The maximum Gasteiger partial charge on any atom is 0.293 e. The van der Waals surface area contributed by atoms with E-state index in [1.807, 2.05) is 12.1 Å². The molecule has 0 saturated heterocycles. The second-order valence-electron chi connectivity index (χ2n) is 6.36. The van der Waals surface area contributed by atoms with Gasteiger partial charge >= 0.3 is 0 Å². The highest BCUT2D eigenvalue weighted by molar-refractivity contribution is 9.10. The second kappa shape index (κ2) is 6.32. The predicted molar refractivity (Wildman–Crippen MR) is 106 cm³/mol. The molecule has 26 heavy (non-hydrogen) atoms. The third-order valence-electron chi connectivity index (χ3n) is 4.51. The number of amides is 1. The van der Waals surface area contributed by atoms with Crippen LogP contribution in [-0.4, -0.2) is 10.9 Å². The molecular formula is C18H14BrF2N2OPS. The molecule has 4 rings (SSSR count). The summed E-state index contributed by atoms with van der Waals surface area (Å²) in [5, 5.41) is 3.69. The number of hydrogen-bond donors (Lipinski definition) is 1. The first kappa shape index (κ1) is 18.0. The molecule has 8 heteroatoms. The highest BCUT2D eigenvalue weighted by Crippen LogP contribution is 2.48. The van der Waals surface area contributed by atoms with E-state index in [1.165, 1.54) is 0 Å². The number of nitrogens with zero attached hydrogens (tertiary/aromatic N) is 1. The predicted octanol–water partition coefficient (Wildman–Crippen LogP) is 5.40. The number of aromatic nitrogens is 1. The van der Waals surface area contributed by atoms with E-state index in [1.54, 1.807) is 39.8 Å². The van der Waals surface area contributed by atoms with Crippen LogP contribution in [0.5, 0.6) is 0 Å². The first-order chi connectivity index (χ1) is 12.3. The largest absolute Gasteiger partial charge is 0.342 e. The number of carbonyl (C=O) groups excluding carboxylic acids is 1. The fraction of sp³-hybridized carbons (Fsp3) is 0.222. The van der Waals surface area contributed by atoms with Crippen LogP contribution in [0.15, 0.2) is 47.2 Å². The highest BCUT2D eigenvalue weighted by Gasteiger charge is 2.46. The molecule has 1 aliphatic rings. The molecular weight excluding hydrogens is 441 g/mol. The minimum Gasteiger partial charge on any atom is -0.342 e. The van der Waals surface area contributed by atoms with Crippen LogP contribution in [0.25, 0.3) is 10.1 Å². The number of halogens is 3. The SMILES string of the molecule is O=C(NC1(c2cccnc2)CC1)c1ccc2sc(C(F)(F)P)c(Br)c2c1. The first-order valence-corrected chi connectivity index (χ1v) is 10.1. The van der Waals surface area contributed by atoms with Crippen LogP contribution >= 0.6 is 36.5 Å². The third kappa shape index (κ3) is 3.17. The van der Waals surface area contributed by atoms with Gasteiger partial charge < -0.3 is 5.32 Å². The van der Waals surface area contributed by atoms with Gasteiger partial charge in [0.05, 0.1) is 10.4 Å². The molecule has 1 N–H and O–H groups in total. The van der Waals surface area contributed by atoms with Gasteiger partial charge in [-0.2, -0.15) is 8.78 Å². The molecule has 2 heterocycles. The summed E-state index contributed by atoms with van der Waals surface area (Å²) >= 11 is 4.27. The van der Waals surface area contributed by atoms with Gasteiger partial charge in [-0.05, 0) is 58.6 Å². The van der Waals surface area contributed by atoms with E-state index in [9.17, 15) is 13.6 Å². The summed E-state index contributed by atoms with van der Waals surface area (Å²) in [5.41, 5.74) is -1.95. The number of pyridine rings is 1. The summed E-state index contributed by atoms with van der Waals surface area (Å²) in [6, 6.07) is 8.84. The topological polar surface area (TPSA) is 42.0 Å². The Morgan fingerprint density at radius 2 is 2.12 bits per heavy atom. The Kier molecular flexibility index (Phi) is 4.37. The number of rotatable bonds is 4. The zero-order valence-electron chi connectivity index (χ0n) is 13.4. The number of fused-ring (bicyclic) bond motifs is 1. The van der Waals surface area contributed by atoms with Gasteiger partial charge in [-0.1, -0.05) is 15.3 Å². The maximum absolute atomic E-state index is 13.7. The van der Waals surface area contributed by atoms with E-state index >= 15 is 0 Å². The molecule has 1 atom stereocenters. The van der Waals surface area contributed by atoms with Gasteiger partial charge in [0.25, 0.3) is 11.6 Å². The molecule has 0 radical (unpaired) electrons.